The van der Waals surface area contributed by atoms with Crippen LogP contribution < -0.4 is 5.43 Å². The first-order chi connectivity index (χ1) is 9.67. The second-order valence-corrected chi connectivity index (χ2v) is 6.22. The maximum atomic E-state index is 12.1. The fourth-order valence-electron chi connectivity index (χ4n) is 1.94. The minimum atomic E-state index is -0.0571. The van der Waals surface area contributed by atoms with E-state index in [4.69, 9.17) is 15.1 Å². The molecule has 100 valence electrons. The molecule has 2 nitrogen and oxygen atoms in total. The molecule has 0 spiro atoms. The summed E-state index contributed by atoms with van der Waals surface area (Å²) in [5, 5.41) is 0.566. The molecule has 0 radical (unpaired) electrons. The first-order valence-electron chi connectivity index (χ1n) is 5.80. The first-order valence-corrected chi connectivity index (χ1v) is 8.23. The van der Waals surface area contributed by atoms with Crippen molar-refractivity contribution >= 4 is 48.6 Å². The standard InChI is InChI=1S/C15H8BrClO2S/c16-10-3-6-14-12(7-10)13(18)8-15(19-14)9-1-4-11(20-17)5-2-9/h1-8H. The normalized spacial score (nSPS) is 10.9. The van der Waals surface area contributed by atoms with E-state index in [1.807, 2.05) is 30.3 Å². The zero-order valence-electron chi connectivity index (χ0n) is 10.1. The van der Waals surface area contributed by atoms with Gasteiger partial charge in [-0.25, -0.2) is 0 Å². The number of hydrogen-bond donors (Lipinski definition) is 0. The van der Waals surface area contributed by atoms with Crippen molar-refractivity contribution < 1.29 is 4.42 Å². The highest BCUT2D eigenvalue weighted by atomic mass is 79.9. The summed E-state index contributed by atoms with van der Waals surface area (Å²) in [6.45, 7) is 0. The SMILES string of the molecule is O=c1cc(-c2ccc(SCl)cc2)oc2ccc(Br)cc12. The lowest BCUT2D eigenvalue weighted by molar-refractivity contribution is 0.619. The van der Waals surface area contributed by atoms with E-state index < -0.39 is 0 Å². The Bertz CT molecular complexity index is 827. The van der Waals surface area contributed by atoms with Gasteiger partial charge in [0.1, 0.15) is 11.3 Å². The maximum Gasteiger partial charge on any atom is 0.193 e. The molecular weight excluding hydrogens is 360 g/mol. The number of halogens is 2. The molecular formula is C15H8BrClO2S. The summed E-state index contributed by atoms with van der Waals surface area (Å²) in [6.07, 6.45) is 0. The Labute approximate surface area is 132 Å². The monoisotopic (exact) mass is 366 g/mol. The molecule has 5 heteroatoms. The highest BCUT2D eigenvalue weighted by Crippen LogP contribution is 2.27. The lowest BCUT2D eigenvalue weighted by Crippen LogP contribution is -2.00. The lowest BCUT2D eigenvalue weighted by Gasteiger charge is -2.04. The summed E-state index contributed by atoms with van der Waals surface area (Å²) in [4.78, 5) is 13.1. The van der Waals surface area contributed by atoms with Crippen molar-refractivity contribution in [1.29, 1.82) is 0 Å². The zero-order chi connectivity index (χ0) is 14.1. The Hall–Kier alpha value is -1.23. The van der Waals surface area contributed by atoms with Gasteiger partial charge in [0, 0.05) is 21.0 Å². The average Bonchev–Trinajstić information content (AvgIpc) is 2.48. The highest BCUT2D eigenvalue weighted by molar-refractivity contribution is 9.10. The van der Waals surface area contributed by atoms with Gasteiger partial charge in [-0.1, -0.05) is 28.1 Å². The van der Waals surface area contributed by atoms with Crippen LogP contribution in [0, 0.1) is 0 Å². The molecule has 0 bridgehead atoms. The smallest absolute Gasteiger partial charge is 0.193 e. The Morgan fingerprint density at radius 2 is 1.80 bits per heavy atom. The molecule has 0 aliphatic carbocycles. The quantitative estimate of drug-likeness (QED) is 0.602. The van der Waals surface area contributed by atoms with Gasteiger partial charge in [-0.3, -0.25) is 4.79 Å². The van der Waals surface area contributed by atoms with Crippen LogP contribution in [0.15, 0.2) is 67.1 Å². The first kappa shape index (κ1) is 13.7. The molecule has 1 heterocycles. The number of fused-ring (bicyclic) bond motifs is 1. The van der Waals surface area contributed by atoms with Gasteiger partial charge in [-0.05, 0) is 52.0 Å². The summed E-state index contributed by atoms with van der Waals surface area (Å²) in [6, 6.07) is 14.4. The van der Waals surface area contributed by atoms with E-state index in [9.17, 15) is 4.79 Å². The van der Waals surface area contributed by atoms with Crippen molar-refractivity contribution in [2.75, 3.05) is 0 Å². The fourth-order valence-corrected chi connectivity index (χ4v) is 2.85. The highest BCUT2D eigenvalue weighted by Gasteiger charge is 2.07. The Kier molecular flexibility index (Phi) is 3.87. The molecule has 0 fully saturated rings. The van der Waals surface area contributed by atoms with Crippen LogP contribution in [0.3, 0.4) is 0 Å². The van der Waals surface area contributed by atoms with E-state index in [2.05, 4.69) is 15.9 Å². The molecule has 0 unspecified atom stereocenters. The van der Waals surface area contributed by atoms with Gasteiger partial charge in [0.15, 0.2) is 5.43 Å². The van der Waals surface area contributed by atoms with Gasteiger partial charge in [-0.2, -0.15) is 0 Å². The maximum absolute atomic E-state index is 12.1. The summed E-state index contributed by atoms with van der Waals surface area (Å²) < 4.78 is 6.65. The number of hydrogen-bond acceptors (Lipinski definition) is 3. The molecule has 20 heavy (non-hydrogen) atoms. The summed E-state index contributed by atoms with van der Waals surface area (Å²) in [5.41, 5.74) is 1.37. The van der Waals surface area contributed by atoms with Gasteiger partial charge in [-0.15, -0.1) is 0 Å². The zero-order valence-corrected chi connectivity index (χ0v) is 13.3. The van der Waals surface area contributed by atoms with Crippen LogP contribution in [-0.2, 0) is 0 Å². The van der Waals surface area contributed by atoms with Gasteiger partial charge < -0.3 is 4.42 Å². The molecule has 2 aromatic carbocycles. The molecule has 0 saturated carbocycles. The minimum absolute atomic E-state index is 0.0571. The van der Waals surface area contributed by atoms with Crippen LogP contribution >= 0.6 is 37.6 Å². The Morgan fingerprint density at radius 1 is 1.05 bits per heavy atom. The minimum Gasteiger partial charge on any atom is -0.456 e. The predicted octanol–water partition coefficient (Wildman–Crippen LogP) is 5.47. The van der Waals surface area contributed by atoms with Crippen molar-refractivity contribution in [3.05, 3.63) is 63.2 Å². The van der Waals surface area contributed by atoms with Crippen LogP contribution in [-0.4, -0.2) is 0 Å². The van der Waals surface area contributed by atoms with Crippen molar-refractivity contribution in [2.24, 2.45) is 0 Å². The molecule has 0 aliphatic rings. The Balaban J connectivity index is 2.16. The topological polar surface area (TPSA) is 30.2 Å². The average molecular weight is 368 g/mol. The molecule has 0 aliphatic heterocycles. The van der Waals surface area contributed by atoms with Crippen LogP contribution in [0.5, 0.6) is 0 Å². The van der Waals surface area contributed by atoms with E-state index in [0.29, 0.717) is 16.7 Å². The van der Waals surface area contributed by atoms with E-state index in [1.54, 1.807) is 12.1 Å². The van der Waals surface area contributed by atoms with Crippen LogP contribution in [0.2, 0.25) is 0 Å². The predicted molar refractivity (Wildman–Crippen MR) is 87.3 cm³/mol. The van der Waals surface area contributed by atoms with Gasteiger partial charge in [0.25, 0.3) is 0 Å². The summed E-state index contributed by atoms with van der Waals surface area (Å²) >= 11 is 3.35. The van der Waals surface area contributed by atoms with E-state index in [0.717, 1.165) is 25.9 Å². The third-order valence-electron chi connectivity index (χ3n) is 2.92. The van der Waals surface area contributed by atoms with Crippen LogP contribution in [0.25, 0.3) is 22.3 Å². The molecule has 3 rings (SSSR count). The van der Waals surface area contributed by atoms with Crippen molar-refractivity contribution in [3.63, 3.8) is 0 Å². The number of rotatable bonds is 2. The van der Waals surface area contributed by atoms with E-state index >= 15 is 0 Å². The third kappa shape index (κ3) is 2.64. The number of benzene rings is 2. The second kappa shape index (κ2) is 5.64. The third-order valence-corrected chi connectivity index (χ3v) is 4.40. The summed E-state index contributed by atoms with van der Waals surface area (Å²) in [7, 11) is 6.84. The lowest BCUT2D eigenvalue weighted by atomic mass is 10.1. The van der Waals surface area contributed by atoms with Gasteiger partial charge in [0.2, 0.25) is 0 Å². The van der Waals surface area contributed by atoms with Gasteiger partial charge in [0.05, 0.1) is 5.39 Å². The largest absolute Gasteiger partial charge is 0.456 e. The second-order valence-electron chi connectivity index (χ2n) is 4.22. The van der Waals surface area contributed by atoms with E-state index in [-0.39, 0.29) is 5.43 Å². The molecule has 3 aromatic rings. The van der Waals surface area contributed by atoms with Crippen LogP contribution in [0.1, 0.15) is 0 Å². The summed E-state index contributed by atoms with van der Waals surface area (Å²) in [5.74, 6) is 0.552. The Morgan fingerprint density at radius 3 is 2.50 bits per heavy atom. The van der Waals surface area contributed by atoms with Crippen molar-refractivity contribution in [3.8, 4) is 11.3 Å². The molecule has 0 atom stereocenters. The van der Waals surface area contributed by atoms with E-state index in [1.165, 1.54) is 6.07 Å². The molecule has 0 saturated heterocycles. The molecule has 1 aromatic heterocycles. The fraction of sp³-hybridized carbons (Fsp3) is 0. The molecule has 0 amide bonds. The van der Waals surface area contributed by atoms with Crippen molar-refractivity contribution in [2.45, 2.75) is 4.90 Å². The van der Waals surface area contributed by atoms with Crippen LogP contribution in [0.4, 0.5) is 0 Å². The molecule has 0 N–H and O–H groups in total. The van der Waals surface area contributed by atoms with Gasteiger partial charge >= 0.3 is 0 Å². The van der Waals surface area contributed by atoms with Crippen molar-refractivity contribution in [1.82, 2.24) is 0 Å².